The molecule has 2 N–H and O–H groups in total. The second-order valence-electron chi connectivity index (χ2n) is 9.41. The average molecular weight is 530 g/mol. The standard InChI is InChI=1S/C28H28BrN5O/c1-16(2)21-6-4-5-7-22(21)24-13-12-20(14-31-24)23-15-32-34-27(30)25(29)26(33-28(23)34)19-10-8-18(9-11-19)17(3)35/h4-7,12-15,18-19H,1,8-11,30H2,2-3H3. The number of benzene rings is 1. The number of allylic oxidation sites excluding steroid dienone is 1. The van der Waals surface area contributed by atoms with Crippen LogP contribution in [0.15, 0.2) is 59.8 Å². The fraction of sp³-hybridized carbons (Fsp3) is 0.286. The van der Waals surface area contributed by atoms with Crippen molar-refractivity contribution in [3.63, 3.8) is 0 Å². The largest absolute Gasteiger partial charge is 0.383 e. The Balaban J connectivity index is 1.51. The predicted octanol–water partition coefficient (Wildman–Crippen LogP) is 6.70. The highest BCUT2D eigenvalue weighted by Crippen LogP contribution is 2.41. The molecule has 1 fully saturated rings. The van der Waals surface area contributed by atoms with Crippen molar-refractivity contribution in [2.75, 3.05) is 5.73 Å². The van der Waals surface area contributed by atoms with Crippen LogP contribution in [-0.2, 0) is 4.79 Å². The van der Waals surface area contributed by atoms with Gasteiger partial charge in [0.15, 0.2) is 5.65 Å². The van der Waals surface area contributed by atoms with Gasteiger partial charge in [-0.05, 0) is 67.1 Å². The normalized spacial score (nSPS) is 18.0. The fourth-order valence-electron chi connectivity index (χ4n) is 5.05. The van der Waals surface area contributed by atoms with Crippen LogP contribution in [0.2, 0.25) is 0 Å². The number of hydrogen-bond donors (Lipinski definition) is 1. The Kier molecular flexibility index (Phi) is 6.28. The molecule has 4 aromatic rings. The number of Topliss-reactive ketones (excluding diaryl/α,β-unsaturated/α-hetero) is 1. The highest BCUT2D eigenvalue weighted by molar-refractivity contribution is 9.10. The van der Waals surface area contributed by atoms with Crippen LogP contribution in [0.5, 0.6) is 0 Å². The summed E-state index contributed by atoms with van der Waals surface area (Å²) in [6, 6.07) is 12.2. The number of aromatic nitrogens is 4. The second kappa shape index (κ2) is 9.38. The Morgan fingerprint density at radius 1 is 1.06 bits per heavy atom. The van der Waals surface area contributed by atoms with Crippen LogP contribution in [0.25, 0.3) is 33.6 Å². The topological polar surface area (TPSA) is 86.2 Å². The third-order valence-electron chi connectivity index (χ3n) is 7.07. The molecule has 0 radical (unpaired) electrons. The van der Waals surface area contributed by atoms with Gasteiger partial charge in [-0.1, -0.05) is 42.5 Å². The van der Waals surface area contributed by atoms with Crippen LogP contribution in [-0.4, -0.2) is 25.4 Å². The third-order valence-corrected chi connectivity index (χ3v) is 7.89. The zero-order valence-corrected chi connectivity index (χ0v) is 21.5. The lowest BCUT2D eigenvalue weighted by molar-refractivity contribution is -0.121. The summed E-state index contributed by atoms with van der Waals surface area (Å²) in [5.41, 5.74) is 14.0. The molecule has 0 amide bonds. The second-order valence-corrected chi connectivity index (χ2v) is 10.2. The minimum atomic E-state index is 0.163. The number of fused-ring (bicyclic) bond motifs is 1. The first-order valence-corrected chi connectivity index (χ1v) is 12.7. The van der Waals surface area contributed by atoms with Crippen molar-refractivity contribution in [2.24, 2.45) is 5.92 Å². The average Bonchev–Trinajstić information content (AvgIpc) is 3.30. The smallest absolute Gasteiger partial charge is 0.165 e. The van der Waals surface area contributed by atoms with Crippen molar-refractivity contribution >= 4 is 38.8 Å². The number of hydrogen-bond acceptors (Lipinski definition) is 5. The van der Waals surface area contributed by atoms with E-state index >= 15 is 0 Å². The number of nitrogens with two attached hydrogens (primary N) is 1. The molecule has 1 aliphatic rings. The molecule has 0 atom stereocenters. The van der Waals surface area contributed by atoms with Crippen LogP contribution in [0.1, 0.15) is 56.7 Å². The fourth-order valence-corrected chi connectivity index (χ4v) is 5.63. The Hall–Kier alpha value is -3.32. The molecule has 0 bridgehead atoms. The number of ketones is 1. The van der Waals surface area contributed by atoms with Crippen LogP contribution in [0.4, 0.5) is 5.82 Å². The van der Waals surface area contributed by atoms with E-state index in [9.17, 15) is 4.79 Å². The molecule has 35 heavy (non-hydrogen) atoms. The summed E-state index contributed by atoms with van der Waals surface area (Å²) in [6.45, 7) is 7.80. The van der Waals surface area contributed by atoms with Crippen molar-refractivity contribution in [3.8, 4) is 22.4 Å². The summed E-state index contributed by atoms with van der Waals surface area (Å²) in [5.74, 6) is 1.24. The zero-order chi connectivity index (χ0) is 24.7. The van der Waals surface area contributed by atoms with Gasteiger partial charge in [-0.3, -0.25) is 9.78 Å². The minimum Gasteiger partial charge on any atom is -0.383 e. The SMILES string of the molecule is C=C(C)c1ccccc1-c1ccc(-c2cnn3c(N)c(Br)c(C4CCC(C(C)=O)CC4)nc23)cn1. The van der Waals surface area contributed by atoms with E-state index in [-0.39, 0.29) is 17.6 Å². The highest BCUT2D eigenvalue weighted by atomic mass is 79.9. The molecule has 1 aromatic carbocycles. The van der Waals surface area contributed by atoms with Gasteiger partial charge in [-0.15, -0.1) is 0 Å². The lowest BCUT2D eigenvalue weighted by atomic mass is 9.79. The van der Waals surface area contributed by atoms with Crippen molar-refractivity contribution < 1.29 is 4.79 Å². The monoisotopic (exact) mass is 529 g/mol. The van der Waals surface area contributed by atoms with Gasteiger partial charge in [0.25, 0.3) is 0 Å². The molecule has 3 aromatic heterocycles. The molecule has 0 spiro atoms. The van der Waals surface area contributed by atoms with E-state index < -0.39 is 0 Å². The molecular weight excluding hydrogens is 502 g/mol. The molecule has 1 saturated carbocycles. The molecule has 0 unspecified atom stereocenters. The molecule has 0 aliphatic heterocycles. The van der Waals surface area contributed by atoms with E-state index in [4.69, 9.17) is 15.7 Å². The number of carbonyl (C=O) groups is 1. The summed E-state index contributed by atoms with van der Waals surface area (Å²) in [5, 5.41) is 4.51. The number of carbonyl (C=O) groups excluding carboxylic acids is 1. The first kappa shape index (κ1) is 23.4. The molecule has 1 aliphatic carbocycles. The van der Waals surface area contributed by atoms with E-state index in [2.05, 4.69) is 39.7 Å². The summed E-state index contributed by atoms with van der Waals surface area (Å²) in [4.78, 5) is 21.6. The van der Waals surface area contributed by atoms with E-state index in [1.807, 2.05) is 37.4 Å². The Morgan fingerprint density at radius 3 is 2.46 bits per heavy atom. The lowest BCUT2D eigenvalue weighted by Gasteiger charge is -2.27. The maximum absolute atomic E-state index is 11.8. The lowest BCUT2D eigenvalue weighted by Crippen LogP contribution is -2.20. The van der Waals surface area contributed by atoms with Crippen LogP contribution < -0.4 is 5.73 Å². The summed E-state index contributed by atoms with van der Waals surface area (Å²) in [6.07, 6.45) is 7.28. The van der Waals surface area contributed by atoms with E-state index in [0.717, 1.165) is 69.4 Å². The van der Waals surface area contributed by atoms with Crippen LogP contribution in [0, 0.1) is 5.92 Å². The molecular formula is C28H28BrN5O. The Labute approximate surface area is 213 Å². The molecule has 0 saturated heterocycles. The van der Waals surface area contributed by atoms with Gasteiger partial charge in [0, 0.05) is 34.7 Å². The predicted molar refractivity (Wildman–Crippen MR) is 144 cm³/mol. The van der Waals surface area contributed by atoms with E-state index in [1.165, 1.54) is 0 Å². The third kappa shape index (κ3) is 4.29. The number of pyridine rings is 1. The van der Waals surface area contributed by atoms with Crippen molar-refractivity contribution in [1.29, 1.82) is 0 Å². The van der Waals surface area contributed by atoms with Gasteiger partial charge in [-0.2, -0.15) is 9.61 Å². The summed E-state index contributed by atoms with van der Waals surface area (Å²) in [7, 11) is 0. The van der Waals surface area contributed by atoms with E-state index in [0.29, 0.717) is 11.5 Å². The zero-order valence-electron chi connectivity index (χ0n) is 20.0. The van der Waals surface area contributed by atoms with Gasteiger partial charge >= 0.3 is 0 Å². The first-order valence-electron chi connectivity index (χ1n) is 11.9. The molecule has 6 nitrogen and oxygen atoms in total. The molecule has 178 valence electrons. The summed E-state index contributed by atoms with van der Waals surface area (Å²) < 4.78 is 2.46. The van der Waals surface area contributed by atoms with Gasteiger partial charge in [0.05, 0.1) is 22.1 Å². The van der Waals surface area contributed by atoms with Crippen molar-refractivity contribution in [2.45, 2.75) is 45.4 Å². The first-order chi connectivity index (χ1) is 16.8. The number of halogens is 1. The van der Waals surface area contributed by atoms with Crippen molar-refractivity contribution in [1.82, 2.24) is 19.6 Å². The van der Waals surface area contributed by atoms with Gasteiger partial charge in [0.1, 0.15) is 11.6 Å². The highest BCUT2D eigenvalue weighted by Gasteiger charge is 2.29. The maximum atomic E-state index is 11.8. The maximum Gasteiger partial charge on any atom is 0.165 e. The van der Waals surface area contributed by atoms with Crippen LogP contribution >= 0.6 is 15.9 Å². The quantitative estimate of drug-likeness (QED) is 0.310. The van der Waals surface area contributed by atoms with Gasteiger partial charge in [0.2, 0.25) is 0 Å². The molecule has 7 heteroatoms. The van der Waals surface area contributed by atoms with Gasteiger partial charge < -0.3 is 5.73 Å². The number of nitrogen functional groups attached to an aromatic ring is 1. The van der Waals surface area contributed by atoms with E-state index in [1.54, 1.807) is 17.6 Å². The Morgan fingerprint density at radius 2 is 1.80 bits per heavy atom. The molecule has 3 heterocycles. The summed E-state index contributed by atoms with van der Waals surface area (Å²) >= 11 is 3.67. The van der Waals surface area contributed by atoms with Gasteiger partial charge in [-0.25, -0.2) is 4.98 Å². The van der Waals surface area contributed by atoms with Crippen molar-refractivity contribution in [3.05, 3.63) is 71.1 Å². The van der Waals surface area contributed by atoms with Crippen LogP contribution in [0.3, 0.4) is 0 Å². The number of nitrogens with zero attached hydrogens (tertiary/aromatic N) is 4. The minimum absolute atomic E-state index is 0.163. The number of rotatable bonds is 5. The molecule has 5 rings (SSSR count). The number of anilines is 1. The Bertz CT molecular complexity index is 1430.